The second-order valence-corrected chi connectivity index (χ2v) is 6.26. The highest BCUT2D eigenvalue weighted by molar-refractivity contribution is 5.96. The summed E-state index contributed by atoms with van der Waals surface area (Å²) in [6.45, 7) is 6.09. The van der Waals surface area contributed by atoms with Gasteiger partial charge in [-0.25, -0.2) is 4.39 Å². The number of likely N-dealkylation sites (N-methyl/N-ethyl adjacent to an activating group) is 1. The van der Waals surface area contributed by atoms with Gasteiger partial charge in [0, 0.05) is 25.7 Å². The van der Waals surface area contributed by atoms with Gasteiger partial charge in [0.05, 0.1) is 0 Å². The van der Waals surface area contributed by atoms with E-state index in [1.807, 2.05) is 38.1 Å². The lowest BCUT2D eigenvalue weighted by molar-refractivity contribution is -0.133. The Kier molecular flexibility index (Phi) is 6.89. The Morgan fingerprint density at radius 3 is 2.42 bits per heavy atom. The van der Waals surface area contributed by atoms with Crippen molar-refractivity contribution in [1.29, 1.82) is 0 Å². The van der Waals surface area contributed by atoms with Gasteiger partial charge >= 0.3 is 0 Å². The first-order valence-corrected chi connectivity index (χ1v) is 8.78. The van der Waals surface area contributed by atoms with Crippen molar-refractivity contribution in [2.24, 2.45) is 0 Å². The molecule has 0 radical (unpaired) electrons. The minimum atomic E-state index is -0.294. The Balaban J connectivity index is 2.07. The summed E-state index contributed by atoms with van der Waals surface area (Å²) in [4.78, 5) is 27.8. The predicted molar refractivity (Wildman–Crippen MR) is 102 cm³/mol. The van der Waals surface area contributed by atoms with E-state index in [0.29, 0.717) is 25.1 Å². The van der Waals surface area contributed by atoms with E-state index in [0.717, 1.165) is 11.3 Å². The van der Waals surface area contributed by atoms with Crippen molar-refractivity contribution in [2.75, 3.05) is 24.5 Å². The average molecular weight is 356 g/mol. The second kappa shape index (κ2) is 9.13. The predicted octanol–water partition coefficient (Wildman–Crippen LogP) is 3.58. The molecule has 0 aromatic heterocycles. The summed E-state index contributed by atoms with van der Waals surface area (Å²) in [6.07, 6.45) is 0.371. The number of carbonyl (C=O) groups excluding carboxylic acids is 2. The summed E-state index contributed by atoms with van der Waals surface area (Å²) in [5.74, 6) is -0.644. The third-order valence-corrected chi connectivity index (χ3v) is 4.31. The van der Waals surface area contributed by atoms with Crippen molar-refractivity contribution in [3.05, 3.63) is 65.5 Å². The number of aryl methyl sites for hydroxylation is 1. The Morgan fingerprint density at radius 2 is 1.81 bits per heavy atom. The van der Waals surface area contributed by atoms with Crippen molar-refractivity contribution in [3.63, 3.8) is 0 Å². The first-order valence-electron chi connectivity index (χ1n) is 8.78. The Morgan fingerprint density at radius 1 is 1.08 bits per heavy atom. The summed E-state index contributed by atoms with van der Waals surface area (Å²) >= 11 is 0. The van der Waals surface area contributed by atoms with E-state index in [-0.39, 0.29) is 24.2 Å². The fourth-order valence-corrected chi connectivity index (χ4v) is 2.85. The SMILES string of the molecule is CCN(C(=O)CN(CCc1ccccc1F)C(C)=O)c1cccc(C)c1. The van der Waals surface area contributed by atoms with Crippen LogP contribution in [0.2, 0.25) is 0 Å². The molecule has 5 heteroatoms. The van der Waals surface area contributed by atoms with Crippen molar-refractivity contribution in [1.82, 2.24) is 4.90 Å². The first-order chi connectivity index (χ1) is 12.4. The number of amides is 2. The molecule has 0 fully saturated rings. The number of hydrogen-bond donors (Lipinski definition) is 0. The number of hydrogen-bond acceptors (Lipinski definition) is 2. The van der Waals surface area contributed by atoms with Gasteiger partial charge in [0.1, 0.15) is 12.4 Å². The molecule has 0 atom stereocenters. The van der Waals surface area contributed by atoms with Crippen molar-refractivity contribution >= 4 is 17.5 Å². The molecule has 0 unspecified atom stereocenters. The Labute approximate surface area is 154 Å². The summed E-state index contributed by atoms with van der Waals surface area (Å²) in [5, 5.41) is 0. The molecule has 0 saturated carbocycles. The maximum Gasteiger partial charge on any atom is 0.246 e. The highest BCUT2D eigenvalue weighted by atomic mass is 19.1. The van der Waals surface area contributed by atoms with Crippen LogP contribution in [0.4, 0.5) is 10.1 Å². The van der Waals surface area contributed by atoms with E-state index in [9.17, 15) is 14.0 Å². The van der Waals surface area contributed by atoms with Crippen LogP contribution in [0, 0.1) is 12.7 Å². The third-order valence-electron chi connectivity index (χ3n) is 4.31. The zero-order valence-electron chi connectivity index (χ0n) is 15.5. The first kappa shape index (κ1) is 19.6. The molecule has 0 aliphatic rings. The molecular formula is C21H25FN2O2. The number of benzene rings is 2. The lowest BCUT2D eigenvalue weighted by Gasteiger charge is -2.26. The molecular weight excluding hydrogens is 331 g/mol. The average Bonchev–Trinajstić information content (AvgIpc) is 2.60. The topological polar surface area (TPSA) is 40.6 Å². The minimum Gasteiger partial charge on any atom is -0.333 e. The van der Waals surface area contributed by atoms with Crippen molar-refractivity contribution in [3.8, 4) is 0 Å². The lowest BCUT2D eigenvalue weighted by Crippen LogP contribution is -2.43. The largest absolute Gasteiger partial charge is 0.333 e. The quantitative estimate of drug-likeness (QED) is 0.761. The molecule has 4 nitrogen and oxygen atoms in total. The van der Waals surface area contributed by atoms with Gasteiger partial charge in [-0.3, -0.25) is 9.59 Å². The van der Waals surface area contributed by atoms with Crippen LogP contribution in [0.25, 0.3) is 0 Å². The van der Waals surface area contributed by atoms with Crippen molar-refractivity contribution < 1.29 is 14.0 Å². The normalized spacial score (nSPS) is 10.5. The number of anilines is 1. The highest BCUT2D eigenvalue weighted by Crippen LogP contribution is 2.16. The summed E-state index contributed by atoms with van der Waals surface area (Å²) in [5.41, 5.74) is 2.42. The molecule has 0 saturated heterocycles. The van der Waals surface area contributed by atoms with Gasteiger partial charge in [-0.15, -0.1) is 0 Å². The standard InChI is InChI=1S/C21H25FN2O2/c1-4-24(19-10-7-8-16(2)14-19)21(26)15-23(17(3)25)13-12-18-9-5-6-11-20(18)22/h5-11,14H,4,12-13,15H2,1-3H3. The van der Waals surface area contributed by atoms with Gasteiger partial charge < -0.3 is 9.80 Å². The van der Waals surface area contributed by atoms with Crippen LogP contribution < -0.4 is 4.90 Å². The number of carbonyl (C=O) groups is 2. The molecule has 0 spiro atoms. The highest BCUT2D eigenvalue weighted by Gasteiger charge is 2.20. The number of nitrogens with zero attached hydrogens (tertiary/aromatic N) is 2. The maximum atomic E-state index is 13.8. The van der Waals surface area contributed by atoms with Gasteiger partial charge in [-0.1, -0.05) is 30.3 Å². The van der Waals surface area contributed by atoms with Gasteiger partial charge in [-0.05, 0) is 49.6 Å². The van der Waals surface area contributed by atoms with Gasteiger partial charge in [-0.2, -0.15) is 0 Å². The minimum absolute atomic E-state index is 0.0223. The summed E-state index contributed by atoms with van der Waals surface area (Å²) in [7, 11) is 0. The fraction of sp³-hybridized carbons (Fsp3) is 0.333. The van der Waals surface area contributed by atoms with Gasteiger partial charge in [0.15, 0.2) is 0 Å². The molecule has 2 rings (SSSR count). The fourth-order valence-electron chi connectivity index (χ4n) is 2.85. The van der Waals surface area contributed by atoms with Crippen LogP contribution in [-0.2, 0) is 16.0 Å². The van der Waals surface area contributed by atoms with E-state index >= 15 is 0 Å². The van der Waals surface area contributed by atoms with Crippen LogP contribution in [0.3, 0.4) is 0 Å². The number of halogens is 1. The van der Waals surface area contributed by atoms with E-state index < -0.39 is 0 Å². The van der Waals surface area contributed by atoms with Gasteiger partial charge in [0.25, 0.3) is 0 Å². The molecule has 2 aromatic carbocycles. The van der Waals surface area contributed by atoms with Crippen LogP contribution in [0.1, 0.15) is 25.0 Å². The molecule has 2 aromatic rings. The molecule has 138 valence electrons. The van der Waals surface area contributed by atoms with E-state index in [2.05, 4.69) is 0 Å². The molecule has 0 aliphatic carbocycles. The zero-order valence-corrected chi connectivity index (χ0v) is 15.5. The van der Waals surface area contributed by atoms with Gasteiger partial charge in [0.2, 0.25) is 11.8 Å². The van der Waals surface area contributed by atoms with E-state index in [1.165, 1.54) is 17.9 Å². The smallest absolute Gasteiger partial charge is 0.246 e. The monoisotopic (exact) mass is 356 g/mol. The Hall–Kier alpha value is -2.69. The zero-order chi connectivity index (χ0) is 19.1. The lowest BCUT2D eigenvalue weighted by atomic mass is 10.1. The maximum absolute atomic E-state index is 13.8. The molecule has 0 aliphatic heterocycles. The van der Waals surface area contributed by atoms with Crippen LogP contribution >= 0.6 is 0 Å². The molecule has 0 bridgehead atoms. The Bertz CT molecular complexity index is 776. The third kappa shape index (κ3) is 5.15. The second-order valence-electron chi connectivity index (χ2n) is 6.26. The molecule has 2 amide bonds. The van der Waals surface area contributed by atoms with Crippen LogP contribution in [-0.4, -0.2) is 36.3 Å². The summed E-state index contributed by atoms with van der Waals surface area (Å²) < 4.78 is 13.8. The molecule has 0 heterocycles. The van der Waals surface area contributed by atoms with E-state index in [1.54, 1.807) is 23.1 Å². The van der Waals surface area contributed by atoms with Crippen LogP contribution in [0.15, 0.2) is 48.5 Å². The summed E-state index contributed by atoms with van der Waals surface area (Å²) in [6, 6.07) is 14.2. The van der Waals surface area contributed by atoms with Crippen molar-refractivity contribution in [2.45, 2.75) is 27.2 Å². The molecule has 0 N–H and O–H groups in total. The van der Waals surface area contributed by atoms with Crippen LogP contribution in [0.5, 0.6) is 0 Å². The number of rotatable bonds is 7. The molecule has 26 heavy (non-hydrogen) atoms. The van der Waals surface area contributed by atoms with E-state index in [4.69, 9.17) is 0 Å².